The minimum absolute atomic E-state index is 0.101. The van der Waals surface area contributed by atoms with E-state index in [1.807, 2.05) is 7.05 Å². The Kier molecular flexibility index (Phi) is 4.57. The van der Waals surface area contributed by atoms with Crippen LogP contribution in [-0.4, -0.2) is 36.2 Å². The van der Waals surface area contributed by atoms with Gasteiger partial charge in [0.1, 0.15) is 0 Å². The van der Waals surface area contributed by atoms with Gasteiger partial charge in [0.25, 0.3) is 5.91 Å². The first kappa shape index (κ1) is 10.6. The summed E-state index contributed by atoms with van der Waals surface area (Å²) in [5, 5.41) is 13.0. The van der Waals surface area contributed by atoms with E-state index in [1.165, 1.54) is 12.4 Å². The van der Waals surface area contributed by atoms with Gasteiger partial charge in [-0.15, -0.1) is 0 Å². The highest BCUT2D eigenvalue weighted by molar-refractivity contribution is 5.93. The third kappa shape index (κ3) is 3.49. The molecule has 0 bridgehead atoms. The Morgan fingerprint density at radius 2 is 2.29 bits per heavy atom. The maximum Gasteiger partial charge on any atom is 0.252 e. The van der Waals surface area contributed by atoms with Crippen molar-refractivity contribution in [3.63, 3.8) is 0 Å². The molecule has 76 valence electrons. The van der Waals surface area contributed by atoms with Gasteiger partial charge in [0.2, 0.25) is 0 Å². The Morgan fingerprint density at radius 3 is 2.93 bits per heavy atom. The highest BCUT2D eigenvalue weighted by Gasteiger charge is 2.03. The fraction of sp³-hybridized carbons (Fsp3) is 0.444. The van der Waals surface area contributed by atoms with Gasteiger partial charge in [0, 0.05) is 6.54 Å². The summed E-state index contributed by atoms with van der Waals surface area (Å²) >= 11 is 0. The van der Waals surface area contributed by atoms with E-state index in [0.29, 0.717) is 12.1 Å². The number of hydrogen-bond donors (Lipinski definition) is 2. The highest BCUT2D eigenvalue weighted by atomic mass is 16.1. The minimum atomic E-state index is -0.101. The van der Waals surface area contributed by atoms with Gasteiger partial charge < -0.3 is 10.6 Å². The van der Waals surface area contributed by atoms with Crippen molar-refractivity contribution in [1.82, 2.24) is 20.8 Å². The molecule has 1 amide bonds. The monoisotopic (exact) mass is 194 g/mol. The molecule has 0 saturated carbocycles. The van der Waals surface area contributed by atoms with Gasteiger partial charge in [0.05, 0.1) is 18.0 Å². The number of nitrogens with zero attached hydrogens (tertiary/aromatic N) is 2. The van der Waals surface area contributed by atoms with Crippen molar-refractivity contribution in [3.05, 3.63) is 24.0 Å². The fourth-order valence-electron chi connectivity index (χ4n) is 0.994. The predicted molar refractivity (Wildman–Crippen MR) is 52.9 cm³/mol. The standard InChI is InChI=1S/C9H14N4O/c1-10-4-2-5-11-9(14)8-3-6-12-13-7-8/h3,6-7,10H,2,4-5H2,1H3,(H,11,14). The van der Waals surface area contributed by atoms with E-state index in [1.54, 1.807) is 6.07 Å². The lowest BCUT2D eigenvalue weighted by molar-refractivity contribution is 0.0952. The molecule has 0 radical (unpaired) electrons. The Labute approximate surface area is 82.9 Å². The second-order valence-electron chi connectivity index (χ2n) is 2.84. The van der Waals surface area contributed by atoms with Crippen molar-refractivity contribution in [2.24, 2.45) is 0 Å². The van der Waals surface area contributed by atoms with Crippen molar-refractivity contribution in [1.29, 1.82) is 0 Å². The van der Waals surface area contributed by atoms with Gasteiger partial charge in [-0.25, -0.2) is 0 Å². The third-order valence-corrected chi connectivity index (χ3v) is 1.74. The van der Waals surface area contributed by atoms with E-state index in [-0.39, 0.29) is 5.91 Å². The molecule has 0 aliphatic rings. The number of hydrogen-bond acceptors (Lipinski definition) is 4. The number of amides is 1. The van der Waals surface area contributed by atoms with Crippen LogP contribution in [0.2, 0.25) is 0 Å². The molecule has 5 heteroatoms. The SMILES string of the molecule is CNCCCNC(=O)c1ccnnc1. The topological polar surface area (TPSA) is 66.9 Å². The first-order valence-corrected chi connectivity index (χ1v) is 4.54. The molecule has 5 nitrogen and oxygen atoms in total. The molecule has 1 rings (SSSR count). The molecule has 0 atom stereocenters. The zero-order valence-corrected chi connectivity index (χ0v) is 8.16. The van der Waals surface area contributed by atoms with Crippen LogP contribution in [0, 0.1) is 0 Å². The van der Waals surface area contributed by atoms with E-state index in [9.17, 15) is 4.79 Å². The lowest BCUT2D eigenvalue weighted by Crippen LogP contribution is -2.26. The molecule has 1 heterocycles. The minimum Gasteiger partial charge on any atom is -0.352 e. The number of carbonyl (C=O) groups is 1. The predicted octanol–water partition coefficient (Wildman–Crippen LogP) is -0.184. The van der Waals surface area contributed by atoms with Gasteiger partial charge in [-0.05, 0) is 26.1 Å². The van der Waals surface area contributed by atoms with Crippen LogP contribution < -0.4 is 10.6 Å². The Balaban J connectivity index is 2.29. The number of nitrogens with one attached hydrogen (secondary N) is 2. The van der Waals surface area contributed by atoms with E-state index >= 15 is 0 Å². The summed E-state index contributed by atoms with van der Waals surface area (Å²) in [6.45, 7) is 1.57. The van der Waals surface area contributed by atoms with E-state index in [0.717, 1.165) is 13.0 Å². The van der Waals surface area contributed by atoms with Gasteiger partial charge >= 0.3 is 0 Å². The molecular formula is C9H14N4O. The molecule has 1 aromatic heterocycles. The van der Waals surface area contributed by atoms with Gasteiger partial charge in [-0.1, -0.05) is 0 Å². The average molecular weight is 194 g/mol. The summed E-state index contributed by atoms with van der Waals surface area (Å²) in [7, 11) is 1.88. The summed E-state index contributed by atoms with van der Waals surface area (Å²) in [6, 6.07) is 1.64. The maximum absolute atomic E-state index is 11.4. The molecule has 1 aromatic rings. The van der Waals surface area contributed by atoms with Crippen molar-refractivity contribution in [2.75, 3.05) is 20.1 Å². The molecule has 0 aromatic carbocycles. The third-order valence-electron chi connectivity index (χ3n) is 1.74. The summed E-state index contributed by atoms with van der Waals surface area (Å²) in [4.78, 5) is 11.4. The van der Waals surface area contributed by atoms with Crippen LogP contribution in [0.5, 0.6) is 0 Å². The van der Waals surface area contributed by atoms with Crippen LogP contribution in [0.1, 0.15) is 16.8 Å². The summed E-state index contributed by atoms with van der Waals surface area (Å²) in [6.07, 6.45) is 3.87. The second-order valence-corrected chi connectivity index (χ2v) is 2.84. The van der Waals surface area contributed by atoms with Crippen LogP contribution in [0.4, 0.5) is 0 Å². The normalized spacial score (nSPS) is 9.79. The molecule has 0 saturated heterocycles. The Morgan fingerprint density at radius 1 is 1.43 bits per heavy atom. The van der Waals surface area contributed by atoms with Gasteiger partial charge in [0.15, 0.2) is 0 Å². The molecule has 0 aliphatic heterocycles. The molecule has 0 unspecified atom stereocenters. The largest absolute Gasteiger partial charge is 0.352 e. The molecule has 0 fully saturated rings. The molecule has 14 heavy (non-hydrogen) atoms. The zero-order chi connectivity index (χ0) is 10.2. The number of carbonyl (C=O) groups excluding carboxylic acids is 1. The van der Waals surface area contributed by atoms with Crippen molar-refractivity contribution in [2.45, 2.75) is 6.42 Å². The Hall–Kier alpha value is -1.49. The summed E-state index contributed by atoms with van der Waals surface area (Å²) in [5.41, 5.74) is 0.546. The van der Waals surface area contributed by atoms with Crippen molar-refractivity contribution in [3.8, 4) is 0 Å². The number of rotatable bonds is 5. The summed E-state index contributed by atoms with van der Waals surface area (Å²) < 4.78 is 0. The second kappa shape index (κ2) is 6.04. The fourth-order valence-corrected chi connectivity index (χ4v) is 0.994. The number of aromatic nitrogens is 2. The van der Waals surface area contributed by atoms with Crippen LogP contribution >= 0.6 is 0 Å². The van der Waals surface area contributed by atoms with Crippen molar-refractivity contribution >= 4 is 5.91 Å². The summed E-state index contributed by atoms with van der Waals surface area (Å²) in [5.74, 6) is -0.101. The van der Waals surface area contributed by atoms with Crippen LogP contribution in [0.15, 0.2) is 18.5 Å². The molecule has 2 N–H and O–H groups in total. The van der Waals surface area contributed by atoms with Crippen LogP contribution in [0.25, 0.3) is 0 Å². The first-order chi connectivity index (χ1) is 6.84. The van der Waals surface area contributed by atoms with E-state index < -0.39 is 0 Å². The molecule has 0 spiro atoms. The van der Waals surface area contributed by atoms with E-state index in [2.05, 4.69) is 20.8 Å². The van der Waals surface area contributed by atoms with Crippen LogP contribution in [0.3, 0.4) is 0 Å². The quantitative estimate of drug-likeness (QED) is 0.638. The van der Waals surface area contributed by atoms with Crippen LogP contribution in [-0.2, 0) is 0 Å². The smallest absolute Gasteiger partial charge is 0.252 e. The zero-order valence-electron chi connectivity index (χ0n) is 8.16. The molecular weight excluding hydrogens is 180 g/mol. The lowest BCUT2D eigenvalue weighted by Gasteiger charge is -2.03. The Bertz CT molecular complexity index is 275. The maximum atomic E-state index is 11.4. The highest BCUT2D eigenvalue weighted by Crippen LogP contribution is 1.92. The average Bonchev–Trinajstić information content (AvgIpc) is 2.25. The first-order valence-electron chi connectivity index (χ1n) is 4.54. The lowest BCUT2D eigenvalue weighted by atomic mass is 10.3. The molecule has 0 aliphatic carbocycles. The van der Waals surface area contributed by atoms with Crippen molar-refractivity contribution < 1.29 is 4.79 Å². The van der Waals surface area contributed by atoms with E-state index in [4.69, 9.17) is 0 Å². The van der Waals surface area contributed by atoms with Gasteiger partial charge in [-0.3, -0.25) is 4.79 Å². The van der Waals surface area contributed by atoms with Gasteiger partial charge in [-0.2, -0.15) is 10.2 Å².